The summed E-state index contributed by atoms with van der Waals surface area (Å²) in [7, 11) is 0. The maximum Gasteiger partial charge on any atom is 0.198 e. The maximum absolute atomic E-state index is 7.87. The minimum atomic E-state index is 0.521. The van der Waals surface area contributed by atoms with E-state index in [-0.39, 0.29) is 0 Å². The van der Waals surface area contributed by atoms with Crippen molar-refractivity contribution in [2.75, 3.05) is 0 Å². The lowest BCUT2D eigenvalue weighted by Gasteiger charge is -2.12. The van der Waals surface area contributed by atoms with E-state index in [1.165, 1.54) is 43.6 Å². The highest BCUT2D eigenvalue weighted by Gasteiger charge is 2.20. The predicted molar refractivity (Wildman–Crippen MR) is 268 cm³/mol. The van der Waals surface area contributed by atoms with E-state index in [1.54, 1.807) is 0 Å². The maximum atomic E-state index is 7.87. The smallest absolute Gasteiger partial charge is 0.198 e. The summed E-state index contributed by atoms with van der Waals surface area (Å²) >= 11 is 0. The van der Waals surface area contributed by atoms with Gasteiger partial charge in [0.15, 0.2) is 5.69 Å². The highest BCUT2D eigenvalue weighted by atomic mass is 15.0. The normalized spacial score (nSPS) is 11.7. The van der Waals surface area contributed by atoms with Crippen molar-refractivity contribution in [2.45, 2.75) is 0 Å². The molecule has 13 rings (SSSR count). The Bertz CT molecular complexity index is 3790. The fraction of sp³-hybridized carbons (Fsp3) is 0. The molecule has 0 aliphatic carbocycles. The Balaban J connectivity index is 1.02. The quantitative estimate of drug-likeness (QED) is 0.157. The van der Waals surface area contributed by atoms with Crippen molar-refractivity contribution in [1.82, 2.24) is 23.7 Å². The van der Waals surface area contributed by atoms with Crippen molar-refractivity contribution in [3.8, 4) is 51.0 Å². The van der Waals surface area contributed by atoms with Crippen LogP contribution in [0.25, 0.3) is 121 Å². The van der Waals surface area contributed by atoms with Crippen LogP contribution < -0.4 is 0 Å². The van der Waals surface area contributed by atoms with E-state index < -0.39 is 0 Å². The summed E-state index contributed by atoms with van der Waals surface area (Å²) < 4.78 is 7.18. The van der Waals surface area contributed by atoms with Gasteiger partial charge in [0.05, 0.1) is 51.1 Å². The monoisotopic (exact) mass is 828 g/mol. The third kappa shape index (κ3) is 5.73. The van der Waals surface area contributed by atoms with Crippen molar-refractivity contribution < 1.29 is 0 Å². The SMILES string of the molecule is [C-]#[N+]c1ccccc1-c1nc(-c2ccccc2)cc(-c2ccc(-n3c4ccc(-n5c6ccccc6c6ccccc65)cc4c4cc(-n5c6ccccc6c6ccccc65)ccc43)cc2)n1. The number of nitrogens with zero attached hydrogens (tertiary/aromatic N) is 6. The van der Waals surface area contributed by atoms with Crippen molar-refractivity contribution in [1.29, 1.82) is 0 Å². The molecule has 6 heteroatoms. The van der Waals surface area contributed by atoms with Crippen LogP contribution in [0.2, 0.25) is 0 Å². The third-order valence-corrected chi connectivity index (χ3v) is 12.9. The molecule has 0 bridgehead atoms. The van der Waals surface area contributed by atoms with E-state index in [2.05, 4.69) is 188 Å². The molecule has 0 saturated carbocycles. The fourth-order valence-electron chi connectivity index (χ4n) is 9.97. The zero-order valence-electron chi connectivity index (χ0n) is 35.0. The molecule has 0 fully saturated rings. The van der Waals surface area contributed by atoms with E-state index in [1.807, 2.05) is 48.5 Å². The van der Waals surface area contributed by atoms with E-state index in [4.69, 9.17) is 16.5 Å². The fourth-order valence-corrected chi connectivity index (χ4v) is 9.97. The Morgan fingerprint density at radius 2 is 0.708 bits per heavy atom. The van der Waals surface area contributed by atoms with E-state index in [0.29, 0.717) is 17.1 Å². The molecule has 4 heterocycles. The highest BCUT2D eigenvalue weighted by Crippen LogP contribution is 2.40. The van der Waals surface area contributed by atoms with Crippen LogP contribution in [-0.2, 0) is 0 Å². The highest BCUT2D eigenvalue weighted by molar-refractivity contribution is 6.14. The molecule has 4 aromatic heterocycles. The lowest BCUT2D eigenvalue weighted by molar-refractivity contribution is 1.16. The molecule has 0 N–H and O–H groups in total. The summed E-state index contributed by atoms with van der Waals surface area (Å²) in [6.07, 6.45) is 0. The van der Waals surface area contributed by atoms with Gasteiger partial charge >= 0.3 is 0 Å². The molecule has 0 aliphatic heterocycles. The van der Waals surface area contributed by atoms with Gasteiger partial charge in [-0.25, -0.2) is 14.8 Å². The van der Waals surface area contributed by atoms with Gasteiger partial charge in [-0.2, -0.15) is 0 Å². The number of para-hydroxylation sites is 5. The van der Waals surface area contributed by atoms with Gasteiger partial charge in [0.2, 0.25) is 0 Å². The van der Waals surface area contributed by atoms with Crippen LogP contribution in [0.15, 0.2) is 218 Å². The van der Waals surface area contributed by atoms with Crippen LogP contribution >= 0.6 is 0 Å². The standard InChI is InChI=1S/C59H36N6/c1-60-50-22-10-5-21-47(50)59-61-51(38-15-3-2-4-16-38)37-52(62-59)39-27-29-40(30-28-39)63-57-33-31-41(64-53-23-11-6-17-43(53)44-18-7-12-24-54(44)64)35-48(57)49-36-42(32-34-58(49)63)65-55-25-13-8-19-45(55)46-20-9-14-26-56(46)65/h2-37H. The summed E-state index contributed by atoms with van der Waals surface area (Å²) in [5, 5.41) is 7.28. The first-order valence-corrected chi connectivity index (χ1v) is 21.8. The van der Waals surface area contributed by atoms with Gasteiger partial charge in [0, 0.05) is 66.1 Å². The van der Waals surface area contributed by atoms with Crippen LogP contribution in [-0.4, -0.2) is 23.7 Å². The first-order valence-electron chi connectivity index (χ1n) is 21.8. The van der Waals surface area contributed by atoms with Crippen LogP contribution in [0.4, 0.5) is 5.69 Å². The first kappa shape index (κ1) is 36.6. The summed E-state index contributed by atoms with van der Waals surface area (Å²) in [4.78, 5) is 13.9. The van der Waals surface area contributed by atoms with Crippen molar-refractivity contribution in [3.05, 3.63) is 230 Å². The number of rotatable bonds is 6. The lowest BCUT2D eigenvalue weighted by Crippen LogP contribution is -1.98. The zero-order valence-corrected chi connectivity index (χ0v) is 35.0. The van der Waals surface area contributed by atoms with E-state index in [0.717, 1.165) is 61.4 Å². The number of fused-ring (bicyclic) bond motifs is 9. The Hall–Kier alpha value is -9.05. The molecule has 13 aromatic rings. The molecule has 0 saturated heterocycles. The van der Waals surface area contributed by atoms with Crippen LogP contribution in [0.3, 0.4) is 0 Å². The van der Waals surface area contributed by atoms with Gasteiger partial charge in [-0.05, 0) is 78.9 Å². The molecule has 0 aliphatic rings. The van der Waals surface area contributed by atoms with Gasteiger partial charge in [-0.1, -0.05) is 140 Å². The number of aromatic nitrogens is 5. The average Bonchev–Trinajstić information content (AvgIpc) is 4.02. The molecule has 9 aromatic carbocycles. The molecule has 65 heavy (non-hydrogen) atoms. The third-order valence-electron chi connectivity index (χ3n) is 12.9. The Labute approximate surface area is 374 Å². The average molecular weight is 829 g/mol. The molecule has 302 valence electrons. The summed E-state index contributed by atoms with van der Waals surface area (Å²) in [6, 6.07) is 77.0. The van der Waals surface area contributed by atoms with Crippen LogP contribution in [0.1, 0.15) is 0 Å². The van der Waals surface area contributed by atoms with Gasteiger partial charge < -0.3 is 13.7 Å². The molecule has 0 radical (unpaired) electrons. The lowest BCUT2D eigenvalue weighted by atomic mass is 10.1. The zero-order chi connectivity index (χ0) is 43.0. The van der Waals surface area contributed by atoms with Gasteiger partial charge in [0.1, 0.15) is 5.82 Å². The van der Waals surface area contributed by atoms with Gasteiger partial charge in [0.25, 0.3) is 0 Å². The largest absolute Gasteiger partial charge is 0.309 e. The number of benzene rings is 9. The van der Waals surface area contributed by atoms with E-state index >= 15 is 0 Å². The van der Waals surface area contributed by atoms with Crippen LogP contribution in [0.5, 0.6) is 0 Å². The topological polar surface area (TPSA) is 44.9 Å². The number of hydrogen-bond donors (Lipinski definition) is 0. The van der Waals surface area contributed by atoms with Crippen LogP contribution in [0, 0.1) is 6.57 Å². The van der Waals surface area contributed by atoms with Crippen molar-refractivity contribution in [2.24, 2.45) is 0 Å². The molecule has 0 unspecified atom stereocenters. The summed E-state index contributed by atoms with van der Waals surface area (Å²) in [6.45, 7) is 7.87. The van der Waals surface area contributed by atoms with Gasteiger partial charge in [-0.15, -0.1) is 0 Å². The summed E-state index contributed by atoms with van der Waals surface area (Å²) in [5.74, 6) is 0.525. The molecule has 6 nitrogen and oxygen atoms in total. The minimum absolute atomic E-state index is 0.521. The van der Waals surface area contributed by atoms with Gasteiger partial charge in [-0.3, -0.25) is 0 Å². The second-order valence-electron chi connectivity index (χ2n) is 16.5. The molecule has 0 atom stereocenters. The molecule has 0 spiro atoms. The Kier molecular flexibility index (Phi) is 8.17. The predicted octanol–water partition coefficient (Wildman–Crippen LogP) is 15.3. The Morgan fingerprint density at radius 1 is 0.323 bits per heavy atom. The molecular weight excluding hydrogens is 793 g/mol. The Morgan fingerprint density at radius 3 is 1.20 bits per heavy atom. The molecular formula is C59H36N6. The first-order chi connectivity index (χ1) is 32.2. The second-order valence-corrected chi connectivity index (χ2v) is 16.5. The summed E-state index contributed by atoms with van der Waals surface area (Å²) in [5.41, 5.74) is 15.0. The number of hydrogen-bond acceptors (Lipinski definition) is 2. The second kappa shape index (κ2) is 14.5. The van der Waals surface area contributed by atoms with Crippen molar-refractivity contribution >= 4 is 71.1 Å². The molecule has 0 amide bonds. The van der Waals surface area contributed by atoms with Crippen molar-refractivity contribution in [3.63, 3.8) is 0 Å². The van der Waals surface area contributed by atoms with E-state index in [9.17, 15) is 0 Å². The minimum Gasteiger partial charge on any atom is -0.309 e.